The number of hydrogen-bond acceptors (Lipinski definition) is 5. The van der Waals surface area contributed by atoms with Crippen molar-refractivity contribution in [1.29, 1.82) is 0 Å². The van der Waals surface area contributed by atoms with E-state index in [1.165, 1.54) is 0 Å². The summed E-state index contributed by atoms with van der Waals surface area (Å²) in [7, 11) is 0. The van der Waals surface area contributed by atoms with E-state index in [1.54, 1.807) is 12.4 Å². The van der Waals surface area contributed by atoms with E-state index in [4.69, 9.17) is 4.74 Å². The highest BCUT2D eigenvalue weighted by Gasteiger charge is 2.23. The molecular weight excluding hydrogens is 242 g/mol. The average Bonchev–Trinajstić information content (AvgIpc) is 2.92. The number of nitrogens with one attached hydrogen (secondary N) is 1. The molecule has 3 rings (SSSR count). The predicted molar refractivity (Wildman–Crippen MR) is 69.3 cm³/mol. The number of hydrogen-bond donors (Lipinski definition) is 1. The molecule has 100 valence electrons. The molecular formula is C13H17N5O. The minimum absolute atomic E-state index is 0.0189. The van der Waals surface area contributed by atoms with Crippen molar-refractivity contribution in [2.75, 3.05) is 19.7 Å². The van der Waals surface area contributed by atoms with Gasteiger partial charge in [-0.3, -0.25) is 4.90 Å². The Morgan fingerprint density at radius 2 is 2.37 bits per heavy atom. The van der Waals surface area contributed by atoms with Crippen LogP contribution in [-0.2, 0) is 11.3 Å². The van der Waals surface area contributed by atoms with E-state index in [2.05, 4.69) is 24.8 Å². The van der Waals surface area contributed by atoms with Crippen LogP contribution in [0.1, 0.15) is 23.4 Å². The molecule has 0 aromatic carbocycles. The maximum atomic E-state index is 5.81. The first-order valence-electron chi connectivity index (χ1n) is 6.43. The summed E-state index contributed by atoms with van der Waals surface area (Å²) in [6, 6.07) is 1.92. The van der Waals surface area contributed by atoms with Crippen molar-refractivity contribution >= 4 is 0 Å². The molecule has 19 heavy (non-hydrogen) atoms. The molecule has 6 nitrogen and oxygen atoms in total. The third kappa shape index (κ3) is 2.97. The predicted octanol–water partition coefficient (Wildman–Crippen LogP) is 1.08. The Balaban J connectivity index is 1.67. The van der Waals surface area contributed by atoms with Gasteiger partial charge in [0, 0.05) is 31.7 Å². The number of ether oxygens (including phenoxy) is 1. The minimum Gasteiger partial charge on any atom is -0.369 e. The van der Waals surface area contributed by atoms with Gasteiger partial charge in [-0.05, 0) is 13.0 Å². The molecule has 0 spiro atoms. The molecule has 2 aromatic heterocycles. The van der Waals surface area contributed by atoms with Crippen LogP contribution >= 0.6 is 0 Å². The standard InChI is InChI=1S/C13H17N5O/c1-10-14-3-2-11(17-10)12-8-18(6-7-19-12)9-13-15-4-5-16-13/h2-5,12H,6-9H2,1H3,(H,15,16)/t12-/m1/s1. The van der Waals surface area contributed by atoms with Crippen LogP contribution in [0, 0.1) is 6.92 Å². The number of aromatic amines is 1. The quantitative estimate of drug-likeness (QED) is 0.893. The highest BCUT2D eigenvalue weighted by Crippen LogP contribution is 2.21. The van der Waals surface area contributed by atoms with Gasteiger partial charge in [0.1, 0.15) is 17.8 Å². The Labute approximate surface area is 111 Å². The van der Waals surface area contributed by atoms with Crippen molar-refractivity contribution in [1.82, 2.24) is 24.8 Å². The Kier molecular flexibility index (Phi) is 3.52. The number of aryl methyl sites for hydroxylation is 1. The van der Waals surface area contributed by atoms with Gasteiger partial charge in [-0.15, -0.1) is 0 Å². The van der Waals surface area contributed by atoms with Crippen LogP contribution in [0.25, 0.3) is 0 Å². The third-order valence-electron chi connectivity index (χ3n) is 3.21. The molecule has 0 radical (unpaired) electrons. The SMILES string of the molecule is Cc1nccc([C@H]2CN(Cc3ncc[nH]3)CCO2)n1. The molecule has 0 saturated carbocycles. The van der Waals surface area contributed by atoms with Gasteiger partial charge in [-0.25, -0.2) is 15.0 Å². The summed E-state index contributed by atoms with van der Waals surface area (Å²) in [4.78, 5) is 18.3. The van der Waals surface area contributed by atoms with Crippen molar-refractivity contribution < 1.29 is 4.74 Å². The minimum atomic E-state index is 0.0189. The summed E-state index contributed by atoms with van der Waals surface area (Å²) < 4.78 is 5.81. The van der Waals surface area contributed by atoms with Gasteiger partial charge in [0.25, 0.3) is 0 Å². The average molecular weight is 259 g/mol. The summed E-state index contributed by atoms with van der Waals surface area (Å²) in [5, 5.41) is 0. The summed E-state index contributed by atoms with van der Waals surface area (Å²) >= 11 is 0. The molecule has 0 bridgehead atoms. The fourth-order valence-corrected chi connectivity index (χ4v) is 2.28. The summed E-state index contributed by atoms with van der Waals surface area (Å²) in [5.74, 6) is 1.77. The zero-order chi connectivity index (χ0) is 13.1. The lowest BCUT2D eigenvalue weighted by Crippen LogP contribution is -2.38. The molecule has 0 amide bonds. The van der Waals surface area contributed by atoms with Crippen LogP contribution in [0.4, 0.5) is 0 Å². The lowest BCUT2D eigenvalue weighted by atomic mass is 10.2. The van der Waals surface area contributed by atoms with Gasteiger partial charge in [0.15, 0.2) is 0 Å². The second-order valence-electron chi connectivity index (χ2n) is 4.66. The number of morpholine rings is 1. The zero-order valence-corrected chi connectivity index (χ0v) is 10.9. The smallest absolute Gasteiger partial charge is 0.125 e. The maximum Gasteiger partial charge on any atom is 0.125 e. The first-order valence-corrected chi connectivity index (χ1v) is 6.43. The van der Waals surface area contributed by atoms with Gasteiger partial charge < -0.3 is 9.72 Å². The van der Waals surface area contributed by atoms with Crippen LogP contribution in [0.3, 0.4) is 0 Å². The summed E-state index contributed by atoms with van der Waals surface area (Å²) in [5.41, 5.74) is 0.955. The first kappa shape index (κ1) is 12.3. The Morgan fingerprint density at radius 1 is 1.42 bits per heavy atom. The Morgan fingerprint density at radius 3 is 3.16 bits per heavy atom. The van der Waals surface area contributed by atoms with Crippen LogP contribution in [0.15, 0.2) is 24.7 Å². The van der Waals surface area contributed by atoms with Gasteiger partial charge in [0.05, 0.1) is 18.8 Å². The molecule has 0 unspecified atom stereocenters. The number of aromatic nitrogens is 4. The van der Waals surface area contributed by atoms with Crippen molar-refractivity contribution in [3.8, 4) is 0 Å². The lowest BCUT2D eigenvalue weighted by Gasteiger charge is -2.32. The van der Waals surface area contributed by atoms with E-state index in [0.717, 1.165) is 37.0 Å². The number of imidazole rings is 1. The molecule has 1 atom stereocenters. The van der Waals surface area contributed by atoms with E-state index < -0.39 is 0 Å². The topological polar surface area (TPSA) is 66.9 Å². The van der Waals surface area contributed by atoms with Crippen molar-refractivity contribution in [3.63, 3.8) is 0 Å². The molecule has 1 aliphatic heterocycles. The number of H-pyrrole nitrogens is 1. The van der Waals surface area contributed by atoms with Crippen molar-refractivity contribution in [2.45, 2.75) is 19.6 Å². The fourth-order valence-electron chi connectivity index (χ4n) is 2.28. The third-order valence-corrected chi connectivity index (χ3v) is 3.21. The molecule has 1 N–H and O–H groups in total. The monoisotopic (exact) mass is 259 g/mol. The van der Waals surface area contributed by atoms with E-state index in [1.807, 2.05) is 19.2 Å². The Hall–Kier alpha value is -1.79. The number of nitrogens with zero attached hydrogens (tertiary/aromatic N) is 4. The normalized spacial score (nSPS) is 20.6. The second kappa shape index (κ2) is 5.46. The van der Waals surface area contributed by atoms with Crippen LogP contribution in [-0.4, -0.2) is 44.5 Å². The van der Waals surface area contributed by atoms with E-state index in [9.17, 15) is 0 Å². The molecule has 1 fully saturated rings. The highest BCUT2D eigenvalue weighted by molar-refractivity contribution is 5.07. The van der Waals surface area contributed by atoms with Gasteiger partial charge in [-0.1, -0.05) is 0 Å². The largest absolute Gasteiger partial charge is 0.369 e. The van der Waals surface area contributed by atoms with E-state index >= 15 is 0 Å². The number of rotatable bonds is 3. The molecule has 0 aliphatic carbocycles. The molecule has 1 saturated heterocycles. The van der Waals surface area contributed by atoms with Crippen LogP contribution in [0.2, 0.25) is 0 Å². The fraction of sp³-hybridized carbons (Fsp3) is 0.462. The van der Waals surface area contributed by atoms with Gasteiger partial charge in [0.2, 0.25) is 0 Å². The summed E-state index contributed by atoms with van der Waals surface area (Å²) in [6.07, 6.45) is 5.43. The molecule has 1 aliphatic rings. The summed E-state index contributed by atoms with van der Waals surface area (Å²) in [6.45, 7) is 5.18. The van der Waals surface area contributed by atoms with E-state index in [-0.39, 0.29) is 6.10 Å². The highest BCUT2D eigenvalue weighted by atomic mass is 16.5. The molecule has 2 aromatic rings. The van der Waals surface area contributed by atoms with Gasteiger partial charge in [-0.2, -0.15) is 0 Å². The second-order valence-corrected chi connectivity index (χ2v) is 4.66. The van der Waals surface area contributed by atoms with E-state index in [0.29, 0.717) is 6.61 Å². The first-order chi connectivity index (χ1) is 9.31. The van der Waals surface area contributed by atoms with Crippen LogP contribution < -0.4 is 0 Å². The van der Waals surface area contributed by atoms with Crippen LogP contribution in [0.5, 0.6) is 0 Å². The van der Waals surface area contributed by atoms with Gasteiger partial charge >= 0.3 is 0 Å². The lowest BCUT2D eigenvalue weighted by molar-refractivity contribution is -0.0357. The maximum absolute atomic E-state index is 5.81. The molecule has 6 heteroatoms. The zero-order valence-electron chi connectivity index (χ0n) is 10.9. The van der Waals surface area contributed by atoms with Crippen molar-refractivity contribution in [3.05, 3.63) is 42.0 Å². The van der Waals surface area contributed by atoms with Crippen molar-refractivity contribution in [2.24, 2.45) is 0 Å². The molecule has 3 heterocycles. The Bertz CT molecular complexity index is 528.